The molecule has 0 N–H and O–H groups in total. The Balaban J connectivity index is 2.31. The molecule has 0 aromatic heterocycles. The van der Waals surface area contributed by atoms with Crippen molar-refractivity contribution in [3.05, 3.63) is 0 Å². The minimum atomic E-state index is 0.581. The Morgan fingerprint density at radius 3 is 2.36 bits per heavy atom. The van der Waals surface area contributed by atoms with E-state index in [-0.39, 0.29) is 0 Å². The quantitative estimate of drug-likeness (QED) is 0.559. The molecule has 0 saturated carbocycles. The minimum absolute atomic E-state index is 0.581. The smallest absolute Gasteiger partial charge is 0.0824 e. The van der Waals surface area contributed by atoms with Crippen molar-refractivity contribution in [2.75, 3.05) is 19.7 Å². The van der Waals surface area contributed by atoms with Crippen molar-refractivity contribution in [1.29, 1.82) is 0 Å². The number of ether oxygens (including phenoxy) is 1. The molecular weight excluding hydrogens is 174 g/mol. The van der Waals surface area contributed by atoms with Crippen LogP contribution in [0, 0.1) is 0 Å². The zero-order valence-corrected chi connectivity index (χ0v) is 9.96. The summed E-state index contributed by atoms with van der Waals surface area (Å²) in [6.45, 7) is 10.2. The average Bonchev–Trinajstić information content (AvgIpc) is 2.99. The van der Waals surface area contributed by atoms with E-state index in [9.17, 15) is 0 Å². The molecular formula is C12H25NO. The third-order valence-electron chi connectivity index (χ3n) is 3.16. The Labute approximate surface area is 88.6 Å². The van der Waals surface area contributed by atoms with Gasteiger partial charge in [-0.2, -0.15) is 0 Å². The molecule has 0 aromatic rings. The molecule has 84 valence electrons. The number of hydrogen-bond donors (Lipinski definition) is 0. The van der Waals surface area contributed by atoms with Crippen LogP contribution in [0.25, 0.3) is 0 Å². The van der Waals surface area contributed by atoms with Crippen molar-refractivity contribution in [2.24, 2.45) is 0 Å². The van der Waals surface area contributed by atoms with Crippen LogP contribution < -0.4 is 0 Å². The number of rotatable bonds is 8. The highest BCUT2D eigenvalue weighted by Crippen LogP contribution is 2.22. The van der Waals surface area contributed by atoms with Gasteiger partial charge in [-0.3, -0.25) is 0 Å². The van der Waals surface area contributed by atoms with Crippen LogP contribution in [-0.4, -0.2) is 36.7 Å². The lowest BCUT2D eigenvalue weighted by molar-refractivity contribution is 0.180. The molecule has 0 aromatic carbocycles. The zero-order valence-electron chi connectivity index (χ0n) is 9.96. The molecule has 0 aliphatic carbocycles. The van der Waals surface area contributed by atoms with Crippen molar-refractivity contribution >= 4 is 0 Å². The van der Waals surface area contributed by atoms with Gasteiger partial charge in [-0.05, 0) is 25.9 Å². The third kappa shape index (κ3) is 3.97. The fraction of sp³-hybridized carbons (Fsp3) is 1.00. The largest absolute Gasteiger partial charge is 0.373 e. The number of nitrogens with zero attached hydrogens (tertiary/aromatic N) is 1. The second-order valence-corrected chi connectivity index (χ2v) is 4.21. The predicted molar refractivity (Wildman–Crippen MR) is 60.6 cm³/mol. The first-order valence-corrected chi connectivity index (χ1v) is 6.17. The van der Waals surface area contributed by atoms with Crippen LogP contribution in [0.3, 0.4) is 0 Å². The summed E-state index contributed by atoms with van der Waals surface area (Å²) < 4.78 is 5.33. The van der Waals surface area contributed by atoms with E-state index in [2.05, 4.69) is 25.7 Å². The molecule has 0 amide bonds. The number of epoxide rings is 1. The summed E-state index contributed by atoms with van der Waals surface area (Å²) in [4.78, 5) is 2.58. The maximum Gasteiger partial charge on any atom is 0.0824 e. The maximum atomic E-state index is 5.33. The average molecular weight is 199 g/mol. The van der Waals surface area contributed by atoms with E-state index in [0.717, 1.165) is 12.6 Å². The highest BCUT2D eigenvalue weighted by molar-refractivity contribution is 4.79. The van der Waals surface area contributed by atoms with E-state index in [1.807, 2.05) is 0 Å². The molecule has 14 heavy (non-hydrogen) atoms. The van der Waals surface area contributed by atoms with E-state index >= 15 is 0 Å². The first kappa shape index (κ1) is 12.0. The zero-order chi connectivity index (χ0) is 10.4. The third-order valence-corrected chi connectivity index (χ3v) is 3.16. The van der Waals surface area contributed by atoms with Crippen molar-refractivity contribution < 1.29 is 4.74 Å². The van der Waals surface area contributed by atoms with Gasteiger partial charge < -0.3 is 9.64 Å². The summed E-state index contributed by atoms with van der Waals surface area (Å²) >= 11 is 0. The normalized spacial score (nSPS) is 22.7. The summed E-state index contributed by atoms with van der Waals surface area (Å²) in [6.07, 6.45) is 5.84. The second kappa shape index (κ2) is 6.41. The molecule has 0 radical (unpaired) electrons. The molecule has 1 rings (SSSR count). The van der Waals surface area contributed by atoms with Gasteiger partial charge in [-0.25, -0.2) is 0 Å². The summed E-state index contributed by atoms with van der Waals surface area (Å²) in [5.41, 5.74) is 0. The van der Waals surface area contributed by atoms with Crippen molar-refractivity contribution in [3.63, 3.8) is 0 Å². The van der Waals surface area contributed by atoms with Crippen LogP contribution in [0.15, 0.2) is 0 Å². The van der Waals surface area contributed by atoms with Crippen LogP contribution in [0.5, 0.6) is 0 Å². The van der Waals surface area contributed by atoms with Crippen LogP contribution in [0.1, 0.15) is 46.5 Å². The standard InChI is InChI=1S/C12H25NO/c1-4-7-8-11(9-12-10-14-12)13(5-2)6-3/h11-12H,4-10H2,1-3H3. The molecule has 0 spiro atoms. The van der Waals surface area contributed by atoms with Gasteiger partial charge in [0.2, 0.25) is 0 Å². The Kier molecular flexibility index (Phi) is 5.49. The topological polar surface area (TPSA) is 15.8 Å². The molecule has 2 heteroatoms. The number of unbranched alkanes of at least 4 members (excludes halogenated alkanes) is 1. The Bertz CT molecular complexity index is 141. The van der Waals surface area contributed by atoms with E-state index in [1.54, 1.807) is 0 Å². The van der Waals surface area contributed by atoms with Gasteiger partial charge in [-0.1, -0.05) is 33.6 Å². The van der Waals surface area contributed by atoms with Crippen molar-refractivity contribution in [2.45, 2.75) is 58.6 Å². The fourth-order valence-electron chi connectivity index (χ4n) is 2.14. The fourth-order valence-corrected chi connectivity index (χ4v) is 2.14. The van der Waals surface area contributed by atoms with Crippen LogP contribution in [0.2, 0.25) is 0 Å². The lowest BCUT2D eigenvalue weighted by Gasteiger charge is -2.29. The highest BCUT2D eigenvalue weighted by Gasteiger charge is 2.28. The van der Waals surface area contributed by atoms with Crippen molar-refractivity contribution in [3.8, 4) is 0 Å². The minimum Gasteiger partial charge on any atom is -0.373 e. The highest BCUT2D eigenvalue weighted by atomic mass is 16.6. The molecule has 2 atom stereocenters. The van der Waals surface area contributed by atoms with Crippen LogP contribution >= 0.6 is 0 Å². The van der Waals surface area contributed by atoms with Gasteiger partial charge in [-0.15, -0.1) is 0 Å². The molecule has 1 fully saturated rings. The van der Waals surface area contributed by atoms with Gasteiger partial charge in [0.15, 0.2) is 0 Å². The molecule has 1 aliphatic heterocycles. The molecule has 0 bridgehead atoms. The van der Waals surface area contributed by atoms with Crippen LogP contribution in [-0.2, 0) is 4.74 Å². The molecule has 2 nitrogen and oxygen atoms in total. The Morgan fingerprint density at radius 2 is 1.93 bits per heavy atom. The van der Waals surface area contributed by atoms with Crippen LogP contribution in [0.4, 0.5) is 0 Å². The lowest BCUT2D eigenvalue weighted by atomic mass is 10.0. The summed E-state index contributed by atoms with van der Waals surface area (Å²) in [7, 11) is 0. The Hall–Kier alpha value is -0.0800. The number of hydrogen-bond acceptors (Lipinski definition) is 2. The van der Waals surface area contributed by atoms with E-state index in [1.165, 1.54) is 38.8 Å². The molecule has 1 heterocycles. The van der Waals surface area contributed by atoms with Gasteiger partial charge in [0.1, 0.15) is 0 Å². The molecule has 1 saturated heterocycles. The summed E-state index contributed by atoms with van der Waals surface area (Å²) in [5.74, 6) is 0. The van der Waals surface area contributed by atoms with E-state index < -0.39 is 0 Å². The SMILES string of the molecule is CCCCC(CC1CO1)N(CC)CC. The first-order chi connectivity index (χ1) is 6.81. The summed E-state index contributed by atoms with van der Waals surface area (Å²) in [6, 6.07) is 0.762. The Morgan fingerprint density at radius 1 is 1.29 bits per heavy atom. The monoisotopic (exact) mass is 199 g/mol. The summed E-state index contributed by atoms with van der Waals surface area (Å²) in [5, 5.41) is 0. The van der Waals surface area contributed by atoms with Gasteiger partial charge >= 0.3 is 0 Å². The molecule has 2 unspecified atom stereocenters. The van der Waals surface area contributed by atoms with Gasteiger partial charge in [0, 0.05) is 6.04 Å². The molecule has 1 aliphatic rings. The predicted octanol–water partition coefficient (Wildman–Crippen LogP) is 2.68. The maximum absolute atomic E-state index is 5.33. The second-order valence-electron chi connectivity index (χ2n) is 4.21. The van der Waals surface area contributed by atoms with Gasteiger partial charge in [0.05, 0.1) is 12.7 Å². The van der Waals surface area contributed by atoms with E-state index in [0.29, 0.717) is 6.10 Å². The van der Waals surface area contributed by atoms with Gasteiger partial charge in [0.25, 0.3) is 0 Å². The van der Waals surface area contributed by atoms with Crippen molar-refractivity contribution in [1.82, 2.24) is 4.90 Å². The first-order valence-electron chi connectivity index (χ1n) is 6.17. The van der Waals surface area contributed by atoms with E-state index in [4.69, 9.17) is 4.74 Å². The lowest BCUT2D eigenvalue weighted by Crippen LogP contribution is -2.36.